The van der Waals surface area contributed by atoms with Gasteiger partial charge in [-0.05, 0) is 36.4 Å². The third-order valence-electron chi connectivity index (χ3n) is 3.47. The molecular weight excluding hydrogens is 356 g/mol. The summed E-state index contributed by atoms with van der Waals surface area (Å²) < 4.78 is 10.4. The summed E-state index contributed by atoms with van der Waals surface area (Å²) >= 11 is 5.89. The normalized spacial score (nSPS) is 10.3. The first-order valence-corrected chi connectivity index (χ1v) is 8.40. The Kier molecular flexibility index (Phi) is 7.44. The quantitative estimate of drug-likeness (QED) is 0.719. The zero-order valence-electron chi connectivity index (χ0n) is 14.7. The van der Waals surface area contributed by atoms with Gasteiger partial charge in [0.05, 0.1) is 13.2 Å². The van der Waals surface area contributed by atoms with Crippen LogP contribution in [0.15, 0.2) is 48.5 Å². The van der Waals surface area contributed by atoms with Gasteiger partial charge in [-0.25, -0.2) is 0 Å². The second-order valence-electron chi connectivity index (χ2n) is 5.59. The van der Waals surface area contributed by atoms with Crippen LogP contribution in [0.25, 0.3) is 0 Å². The molecule has 2 amide bonds. The zero-order chi connectivity index (χ0) is 18.9. The number of rotatable bonds is 8. The fourth-order valence-corrected chi connectivity index (χ4v) is 2.43. The minimum Gasteiger partial charge on any atom is -0.491 e. The predicted octanol–water partition coefficient (Wildman–Crippen LogP) is 3.08. The van der Waals surface area contributed by atoms with Gasteiger partial charge in [-0.15, -0.1) is 0 Å². The van der Waals surface area contributed by atoms with Crippen LogP contribution in [0.5, 0.6) is 5.75 Å². The van der Waals surface area contributed by atoms with Gasteiger partial charge >= 0.3 is 0 Å². The number of halogens is 1. The van der Waals surface area contributed by atoms with E-state index >= 15 is 0 Å². The SMILES string of the molecule is COCCOc1cccc(C(=O)N(C)CC(=O)Nc2cccc(Cl)c2)c1. The van der Waals surface area contributed by atoms with Gasteiger partial charge in [-0.3, -0.25) is 9.59 Å². The van der Waals surface area contributed by atoms with Crippen LogP contribution < -0.4 is 10.1 Å². The number of hydrogen-bond acceptors (Lipinski definition) is 4. The molecule has 0 heterocycles. The van der Waals surface area contributed by atoms with Gasteiger partial charge < -0.3 is 19.7 Å². The third-order valence-corrected chi connectivity index (χ3v) is 3.71. The minimum absolute atomic E-state index is 0.0832. The van der Waals surface area contributed by atoms with Crippen LogP contribution in [0.2, 0.25) is 5.02 Å². The summed E-state index contributed by atoms with van der Waals surface area (Å²) in [7, 11) is 3.16. The Morgan fingerprint density at radius 2 is 1.88 bits per heavy atom. The summed E-state index contributed by atoms with van der Waals surface area (Å²) in [4.78, 5) is 26.0. The first-order valence-electron chi connectivity index (χ1n) is 8.02. The van der Waals surface area contributed by atoms with Crippen molar-refractivity contribution in [2.75, 3.05) is 39.2 Å². The molecule has 2 aromatic rings. The Hall–Kier alpha value is -2.57. The summed E-state index contributed by atoms with van der Waals surface area (Å²) in [5, 5.41) is 3.24. The number of ether oxygens (including phenoxy) is 2. The topological polar surface area (TPSA) is 67.9 Å². The van der Waals surface area contributed by atoms with E-state index in [0.717, 1.165) is 0 Å². The molecule has 0 aromatic heterocycles. The van der Waals surface area contributed by atoms with Crippen LogP contribution in [-0.4, -0.2) is 50.6 Å². The van der Waals surface area contributed by atoms with E-state index < -0.39 is 0 Å². The van der Waals surface area contributed by atoms with Crippen LogP contribution in [-0.2, 0) is 9.53 Å². The molecule has 2 rings (SSSR count). The number of carbonyl (C=O) groups excluding carboxylic acids is 2. The Balaban J connectivity index is 1.94. The number of methoxy groups -OCH3 is 1. The number of likely N-dealkylation sites (N-methyl/N-ethyl adjacent to an activating group) is 1. The lowest BCUT2D eigenvalue weighted by atomic mass is 10.2. The standard InChI is InChI=1S/C19H21ClN2O4/c1-22(13-18(23)21-16-7-4-6-15(20)12-16)19(24)14-5-3-8-17(11-14)26-10-9-25-2/h3-8,11-12H,9-10,13H2,1-2H3,(H,21,23). The van der Waals surface area contributed by atoms with E-state index in [1.807, 2.05) is 0 Å². The Morgan fingerprint density at radius 1 is 1.12 bits per heavy atom. The average molecular weight is 377 g/mol. The van der Waals surface area contributed by atoms with Gasteiger partial charge in [0.25, 0.3) is 5.91 Å². The van der Waals surface area contributed by atoms with Crippen molar-refractivity contribution in [1.82, 2.24) is 4.90 Å². The van der Waals surface area contributed by atoms with Crippen LogP contribution in [0, 0.1) is 0 Å². The Labute approximate surface area is 157 Å². The first kappa shape index (κ1) is 19.8. The summed E-state index contributed by atoms with van der Waals surface area (Å²) in [5.74, 6) is -0.0104. The Morgan fingerprint density at radius 3 is 2.62 bits per heavy atom. The molecule has 138 valence electrons. The lowest BCUT2D eigenvalue weighted by molar-refractivity contribution is -0.116. The van der Waals surface area contributed by atoms with E-state index in [1.54, 1.807) is 62.7 Å². The molecule has 26 heavy (non-hydrogen) atoms. The molecule has 0 spiro atoms. The van der Waals surface area contributed by atoms with E-state index in [0.29, 0.717) is 35.2 Å². The molecule has 0 radical (unpaired) electrons. The second-order valence-corrected chi connectivity index (χ2v) is 6.03. The van der Waals surface area contributed by atoms with Crippen LogP contribution >= 0.6 is 11.6 Å². The van der Waals surface area contributed by atoms with Gasteiger partial charge in [0.1, 0.15) is 12.4 Å². The monoisotopic (exact) mass is 376 g/mol. The van der Waals surface area contributed by atoms with Crippen molar-refractivity contribution >= 4 is 29.1 Å². The van der Waals surface area contributed by atoms with Crippen molar-refractivity contribution in [3.05, 3.63) is 59.1 Å². The van der Waals surface area contributed by atoms with Crippen LogP contribution in [0.1, 0.15) is 10.4 Å². The molecule has 1 N–H and O–H groups in total. The summed E-state index contributed by atoms with van der Waals surface area (Å²) in [6, 6.07) is 13.6. The van der Waals surface area contributed by atoms with E-state index in [4.69, 9.17) is 21.1 Å². The summed E-state index contributed by atoms with van der Waals surface area (Å²) in [5.41, 5.74) is 1.02. The van der Waals surface area contributed by atoms with E-state index in [9.17, 15) is 9.59 Å². The highest BCUT2D eigenvalue weighted by Gasteiger charge is 2.16. The molecule has 0 fully saturated rings. The highest BCUT2D eigenvalue weighted by atomic mass is 35.5. The molecule has 0 bridgehead atoms. The average Bonchev–Trinajstić information content (AvgIpc) is 2.61. The first-order chi connectivity index (χ1) is 12.5. The largest absolute Gasteiger partial charge is 0.491 e. The lowest BCUT2D eigenvalue weighted by Gasteiger charge is -2.17. The molecule has 0 aliphatic carbocycles. The van der Waals surface area contributed by atoms with Crippen molar-refractivity contribution in [3.8, 4) is 5.75 Å². The van der Waals surface area contributed by atoms with Crippen molar-refractivity contribution in [2.45, 2.75) is 0 Å². The molecular formula is C19H21ClN2O4. The van der Waals surface area contributed by atoms with Crippen molar-refractivity contribution in [2.24, 2.45) is 0 Å². The zero-order valence-corrected chi connectivity index (χ0v) is 15.5. The molecule has 0 aliphatic rings. The lowest BCUT2D eigenvalue weighted by Crippen LogP contribution is -2.34. The molecule has 2 aromatic carbocycles. The van der Waals surface area contributed by atoms with Crippen LogP contribution in [0.4, 0.5) is 5.69 Å². The molecule has 0 aliphatic heterocycles. The van der Waals surface area contributed by atoms with E-state index in [2.05, 4.69) is 5.32 Å². The maximum atomic E-state index is 12.5. The number of carbonyl (C=O) groups is 2. The van der Waals surface area contributed by atoms with Gasteiger partial charge in [0, 0.05) is 30.4 Å². The number of anilines is 1. The van der Waals surface area contributed by atoms with Crippen molar-refractivity contribution in [1.29, 1.82) is 0 Å². The minimum atomic E-state index is -0.310. The van der Waals surface area contributed by atoms with Gasteiger partial charge in [-0.2, -0.15) is 0 Å². The summed E-state index contributed by atoms with van der Waals surface area (Å²) in [6.07, 6.45) is 0. The van der Waals surface area contributed by atoms with Crippen LogP contribution in [0.3, 0.4) is 0 Å². The number of nitrogens with zero attached hydrogens (tertiary/aromatic N) is 1. The predicted molar refractivity (Wildman–Crippen MR) is 101 cm³/mol. The Bertz CT molecular complexity index is 767. The number of benzene rings is 2. The molecule has 0 saturated carbocycles. The van der Waals surface area contributed by atoms with Crippen molar-refractivity contribution < 1.29 is 19.1 Å². The molecule has 0 atom stereocenters. The smallest absolute Gasteiger partial charge is 0.254 e. The second kappa shape index (κ2) is 9.79. The van der Waals surface area contributed by atoms with E-state index in [1.165, 1.54) is 4.90 Å². The number of hydrogen-bond donors (Lipinski definition) is 1. The molecule has 7 heteroatoms. The fourth-order valence-electron chi connectivity index (χ4n) is 2.24. The maximum absolute atomic E-state index is 12.5. The third kappa shape index (κ3) is 6.06. The van der Waals surface area contributed by atoms with Crippen molar-refractivity contribution in [3.63, 3.8) is 0 Å². The van der Waals surface area contributed by atoms with E-state index in [-0.39, 0.29) is 18.4 Å². The molecule has 0 saturated heterocycles. The number of amides is 2. The van der Waals surface area contributed by atoms with Gasteiger partial charge in [-0.1, -0.05) is 23.7 Å². The molecule has 6 nitrogen and oxygen atoms in total. The maximum Gasteiger partial charge on any atom is 0.254 e. The highest BCUT2D eigenvalue weighted by molar-refractivity contribution is 6.30. The van der Waals surface area contributed by atoms with Gasteiger partial charge in [0.2, 0.25) is 5.91 Å². The number of nitrogens with one attached hydrogen (secondary N) is 1. The highest BCUT2D eigenvalue weighted by Crippen LogP contribution is 2.16. The fraction of sp³-hybridized carbons (Fsp3) is 0.263. The van der Waals surface area contributed by atoms with Gasteiger partial charge in [0.15, 0.2) is 0 Å². The summed E-state index contributed by atoms with van der Waals surface area (Å²) in [6.45, 7) is 0.772. The molecule has 0 unspecified atom stereocenters.